The van der Waals surface area contributed by atoms with Crippen LogP contribution in [0.1, 0.15) is 28.9 Å². The molecule has 0 unspecified atom stereocenters. The summed E-state index contributed by atoms with van der Waals surface area (Å²) in [6.45, 7) is 3.55. The number of rotatable bonds is 4. The molecule has 0 bridgehead atoms. The van der Waals surface area contributed by atoms with E-state index in [4.69, 9.17) is 0 Å². The number of nitrogens with one attached hydrogen (secondary N) is 3. The van der Waals surface area contributed by atoms with Crippen molar-refractivity contribution in [1.29, 1.82) is 0 Å². The SMILES string of the molecule is CC(=O)Nc1ccc(CNC(=O)c2n[nH]c(C)n2)cc1. The highest BCUT2D eigenvalue weighted by Gasteiger charge is 2.10. The molecule has 20 heavy (non-hydrogen) atoms. The van der Waals surface area contributed by atoms with E-state index in [9.17, 15) is 9.59 Å². The highest BCUT2D eigenvalue weighted by molar-refractivity contribution is 5.90. The first kappa shape index (κ1) is 13.7. The van der Waals surface area contributed by atoms with E-state index in [1.165, 1.54) is 6.92 Å². The van der Waals surface area contributed by atoms with E-state index in [1.54, 1.807) is 19.1 Å². The van der Waals surface area contributed by atoms with Crippen LogP contribution in [0.4, 0.5) is 5.69 Å². The van der Waals surface area contributed by atoms with Gasteiger partial charge in [-0.25, -0.2) is 4.98 Å². The van der Waals surface area contributed by atoms with Crippen LogP contribution in [0.5, 0.6) is 0 Å². The van der Waals surface area contributed by atoms with Gasteiger partial charge >= 0.3 is 0 Å². The molecule has 0 atom stereocenters. The molecule has 0 aliphatic rings. The van der Waals surface area contributed by atoms with E-state index in [1.807, 2.05) is 12.1 Å². The Kier molecular flexibility index (Phi) is 4.09. The highest BCUT2D eigenvalue weighted by atomic mass is 16.2. The van der Waals surface area contributed by atoms with Gasteiger partial charge in [-0.1, -0.05) is 12.1 Å². The number of carbonyl (C=O) groups is 2. The van der Waals surface area contributed by atoms with E-state index in [0.717, 1.165) is 11.3 Å². The van der Waals surface area contributed by atoms with Crippen LogP contribution in [0.25, 0.3) is 0 Å². The van der Waals surface area contributed by atoms with Crippen LogP contribution in [-0.2, 0) is 11.3 Å². The van der Waals surface area contributed by atoms with Gasteiger partial charge in [-0.05, 0) is 24.6 Å². The average molecular weight is 273 g/mol. The zero-order chi connectivity index (χ0) is 14.5. The third kappa shape index (κ3) is 3.64. The summed E-state index contributed by atoms with van der Waals surface area (Å²) in [7, 11) is 0. The summed E-state index contributed by atoms with van der Waals surface area (Å²) in [6, 6.07) is 7.21. The van der Waals surface area contributed by atoms with Crippen molar-refractivity contribution >= 4 is 17.5 Å². The fourth-order valence-electron chi connectivity index (χ4n) is 1.61. The third-order valence-corrected chi connectivity index (χ3v) is 2.53. The first-order valence-electron chi connectivity index (χ1n) is 6.08. The van der Waals surface area contributed by atoms with Gasteiger partial charge in [-0.2, -0.15) is 0 Å². The number of hydrogen-bond acceptors (Lipinski definition) is 4. The smallest absolute Gasteiger partial charge is 0.291 e. The Balaban J connectivity index is 1.90. The second-order valence-corrected chi connectivity index (χ2v) is 4.31. The second kappa shape index (κ2) is 5.96. The number of aromatic nitrogens is 3. The number of aryl methyl sites for hydroxylation is 1. The van der Waals surface area contributed by atoms with Crippen molar-refractivity contribution < 1.29 is 9.59 Å². The number of amides is 2. The summed E-state index contributed by atoms with van der Waals surface area (Å²) in [5.74, 6) is 0.262. The first-order valence-corrected chi connectivity index (χ1v) is 6.08. The fraction of sp³-hybridized carbons (Fsp3) is 0.231. The molecule has 0 aliphatic heterocycles. The molecular weight excluding hydrogens is 258 g/mol. The summed E-state index contributed by atoms with van der Waals surface area (Å²) in [5, 5.41) is 11.8. The Morgan fingerprint density at radius 2 is 1.95 bits per heavy atom. The summed E-state index contributed by atoms with van der Waals surface area (Å²) in [4.78, 5) is 26.6. The molecule has 1 heterocycles. The van der Waals surface area contributed by atoms with Gasteiger partial charge in [0.15, 0.2) is 0 Å². The van der Waals surface area contributed by atoms with Crippen molar-refractivity contribution in [3.05, 3.63) is 41.5 Å². The molecule has 1 aromatic carbocycles. The predicted octanol–water partition coefficient (Wildman–Crippen LogP) is 1.00. The number of H-pyrrole nitrogens is 1. The van der Waals surface area contributed by atoms with Crippen LogP contribution < -0.4 is 10.6 Å². The minimum absolute atomic E-state index is 0.119. The van der Waals surface area contributed by atoms with Gasteiger partial charge < -0.3 is 10.6 Å². The first-order chi connectivity index (χ1) is 9.54. The molecule has 1 aromatic heterocycles. The molecule has 3 N–H and O–H groups in total. The fourth-order valence-corrected chi connectivity index (χ4v) is 1.61. The van der Waals surface area contributed by atoms with E-state index in [0.29, 0.717) is 12.4 Å². The Hall–Kier alpha value is -2.70. The van der Waals surface area contributed by atoms with Crippen molar-refractivity contribution in [3.63, 3.8) is 0 Å². The average Bonchev–Trinajstić information content (AvgIpc) is 2.84. The maximum Gasteiger partial charge on any atom is 0.291 e. The molecule has 0 aliphatic carbocycles. The van der Waals surface area contributed by atoms with E-state index in [-0.39, 0.29) is 17.6 Å². The van der Waals surface area contributed by atoms with Gasteiger partial charge in [0.2, 0.25) is 11.7 Å². The standard InChI is InChI=1S/C13H15N5O2/c1-8-15-12(18-17-8)13(20)14-7-10-3-5-11(6-4-10)16-9(2)19/h3-6H,7H2,1-2H3,(H,14,20)(H,16,19)(H,15,17,18). The summed E-state index contributed by atoms with van der Waals surface area (Å²) < 4.78 is 0. The van der Waals surface area contributed by atoms with Gasteiger partial charge in [0.25, 0.3) is 5.91 Å². The lowest BCUT2D eigenvalue weighted by atomic mass is 10.2. The Bertz CT molecular complexity index is 618. The van der Waals surface area contributed by atoms with Gasteiger partial charge in [-0.15, -0.1) is 5.10 Å². The van der Waals surface area contributed by atoms with Crippen LogP contribution in [0.2, 0.25) is 0 Å². The van der Waals surface area contributed by atoms with Crippen molar-refractivity contribution in [2.75, 3.05) is 5.32 Å². The molecule has 0 fully saturated rings. The Morgan fingerprint density at radius 3 is 2.50 bits per heavy atom. The number of benzene rings is 1. The van der Waals surface area contributed by atoms with E-state index >= 15 is 0 Å². The van der Waals surface area contributed by atoms with Gasteiger partial charge in [0.1, 0.15) is 5.82 Å². The van der Waals surface area contributed by atoms with Gasteiger partial charge in [-0.3, -0.25) is 14.7 Å². The molecule has 2 aromatic rings. The number of aromatic amines is 1. The van der Waals surface area contributed by atoms with Crippen molar-refractivity contribution in [2.45, 2.75) is 20.4 Å². The lowest BCUT2D eigenvalue weighted by molar-refractivity contribution is -0.114. The monoisotopic (exact) mass is 273 g/mol. The largest absolute Gasteiger partial charge is 0.345 e. The van der Waals surface area contributed by atoms with Gasteiger partial charge in [0.05, 0.1) is 0 Å². The summed E-state index contributed by atoms with van der Waals surface area (Å²) in [5.41, 5.74) is 1.64. The molecule has 2 rings (SSSR count). The minimum atomic E-state index is -0.333. The molecule has 2 amide bonds. The second-order valence-electron chi connectivity index (χ2n) is 4.31. The molecule has 0 spiro atoms. The topological polar surface area (TPSA) is 99.8 Å². The van der Waals surface area contributed by atoms with Crippen LogP contribution in [0.3, 0.4) is 0 Å². The normalized spacial score (nSPS) is 10.1. The highest BCUT2D eigenvalue weighted by Crippen LogP contribution is 2.09. The van der Waals surface area contributed by atoms with Crippen molar-refractivity contribution in [1.82, 2.24) is 20.5 Å². The Morgan fingerprint density at radius 1 is 1.25 bits per heavy atom. The van der Waals surface area contributed by atoms with Crippen molar-refractivity contribution in [2.24, 2.45) is 0 Å². The summed E-state index contributed by atoms with van der Waals surface area (Å²) in [6.07, 6.45) is 0. The molecule has 0 radical (unpaired) electrons. The minimum Gasteiger partial charge on any atom is -0.345 e. The van der Waals surface area contributed by atoms with Gasteiger partial charge in [0, 0.05) is 19.2 Å². The number of nitrogens with zero attached hydrogens (tertiary/aromatic N) is 2. The van der Waals surface area contributed by atoms with Crippen molar-refractivity contribution in [3.8, 4) is 0 Å². The van der Waals surface area contributed by atoms with E-state index < -0.39 is 0 Å². The lowest BCUT2D eigenvalue weighted by Crippen LogP contribution is -2.24. The quantitative estimate of drug-likeness (QED) is 0.773. The third-order valence-electron chi connectivity index (χ3n) is 2.53. The lowest BCUT2D eigenvalue weighted by Gasteiger charge is -2.05. The van der Waals surface area contributed by atoms with Crippen LogP contribution in [0, 0.1) is 6.92 Å². The molecule has 7 heteroatoms. The van der Waals surface area contributed by atoms with Crippen LogP contribution >= 0.6 is 0 Å². The molecular formula is C13H15N5O2. The zero-order valence-electron chi connectivity index (χ0n) is 11.2. The number of anilines is 1. The Labute approximate surface area is 115 Å². The molecule has 0 saturated carbocycles. The zero-order valence-corrected chi connectivity index (χ0v) is 11.2. The van der Waals surface area contributed by atoms with E-state index in [2.05, 4.69) is 25.8 Å². The predicted molar refractivity (Wildman–Crippen MR) is 73.0 cm³/mol. The van der Waals surface area contributed by atoms with Crippen LogP contribution in [0.15, 0.2) is 24.3 Å². The maximum atomic E-state index is 11.7. The molecule has 104 valence electrons. The number of carbonyl (C=O) groups excluding carboxylic acids is 2. The number of hydrogen-bond donors (Lipinski definition) is 3. The summed E-state index contributed by atoms with van der Waals surface area (Å²) >= 11 is 0. The maximum absolute atomic E-state index is 11.7. The molecule has 0 saturated heterocycles. The van der Waals surface area contributed by atoms with Crippen LogP contribution in [-0.4, -0.2) is 27.0 Å². The molecule has 7 nitrogen and oxygen atoms in total.